The molecular weight excluding hydrogens is 222 g/mol. The molecule has 0 radical (unpaired) electrons. The summed E-state index contributed by atoms with van der Waals surface area (Å²) in [5.41, 5.74) is 6.56. The van der Waals surface area contributed by atoms with Crippen molar-refractivity contribution in [3.05, 3.63) is 28.8 Å². The molecule has 2 N–H and O–H groups in total. The fourth-order valence-corrected chi connectivity index (χ4v) is 1.67. The van der Waals surface area contributed by atoms with Gasteiger partial charge >= 0.3 is 0 Å². The molecule has 0 bridgehead atoms. The third-order valence-corrected chi connectivity index (χ3v) is 2.74. The molecule has 0 saturated carbocycles. The molecular formula is C13H20ClNO. The summed E-state index contributed by atoms with van der Waals surface area (Å²) in [4.78, 5) is 0. The molecule has 0 atom stereocenters. The van der Waals surface area contributed by atoms with Crippen molar-refractivity contribution in [2.24, 2.45) is 5.73 Å². The van der Waals surface area contributed by atoms with E-state index < -0.39 is 0 Å². The molecule has 3 heteroatoms. The van der Waals surface area contributed by atoms with Crippen molar-refractivity contribution >= 4 is 11.6 Å². The lowest BCUT2D eigenvalue weighted by molar-refractivity contribution is 0.303. The van der Waals surface area contributed by atoms with Crippen molar-refractivity contribution in [1.82, 2.24) is 0 Å². The summed E-state index contributed by atoms with van der Waals surface area (Å²) in [6.07, 6.45) is 4.55. The first kappa shape index (κ1) is 13.3. The van der Waals surface area contributed by atoms with Crippen LogP contribution in [0.2, 0.25) is 5.02 Å². The Labute approximate surface area is 103 Å². The maximum absolute atomic E-state index is 5.90. The van der Waals surface area contributed by atoms with Gasteiger partial charge in [-0.2, -0.15) is 0 Å². The third-order valence-electron chi connectivity index (χ3n) is 2.51. The van der Waals surface area contributed by atoms with Crippen LogP contribution in [-0.4, -0.2) is 13.2 Å². The van der Waals surface area contributed by atoms with E-state index >= 15 is 0 Å². The fourth-order valence-electron chi connectivity index (χ4n) is 1.51. The Morgan fingerprint density at radius 2 is 1.94 bits per heavy atom. The van der Waals surface area contributed by atoms with Gasteiger partial charge in [-0.1, -0.05) is 30.5 Å². The highest BCUT2D eigenvalue weighted by Gasteiger charge is 2.00. The van der Waals surface area contributed by atoms with Crippen LogP contribution < -0.4 is 10.5 Å². The number of halogens is 1. The highest BCUT2D eigenvalue weighted by molar-refractivity contribution is 6.30. The summed E-state index contributed by atoms with van der Waals surface area (Å²) in [6, 6.07) is 5.73. The molecule has 0 saturated heterocycles. The highest BCUT2D eigenvalue weighted by Crippen LogP contribution is 2.22. The first-order valence-electron chi connectivity index (χ1n) is 5.83. The van der Waals surface area contributed by atoms with E-state index in [-0.39, 0.29) is 0 Å². The van der Waals surface area contributed by atoms with Crippen LogP contribution in [0.25, 0.3) is 0 Å². The van der Waals surface area contributed by atoms with Crippen LogP contribution in [0.15, 0.2) is 18.2 Å². The number of ether oxygens (including phenoxy) is 1. The Morgan fingerprint density at radius 1 is 1.19 bits per heavy atom. The minimum absolute atomic E-state index is 0.726. The van der Waals surface area contributed by atoms with Crippen LogP contribution in [0.3, 0.4) is 0 Å². The third kappa shape index (κ3) is 4.86. The molecule has 0 amide bonds. The van der Waals surface area contributed by atoms with E-state index in [4.69, 9.17) is 22.1 Å². The number of rotatable bonds is 7. The van der Waals surface area contributed by atoms with Gasteiger partial charge < -0.3 is 10.5 Å². The van der Waals surface area contributed by atoms with Crippen LogP contribution in [0, 0.1) is 6.92 Å². The first-order chi connectivity index (χ1) is 7.74. The predicted molar refractivity (Wildman–Crippen MR) is 69.2 cm³/mol. The quantitative estimate of drug-likeness (QED) is 0.741. The van der Waals surface area contributed by atoms with E-state index in [0.717, 1.165) is 42.3 Å². The number of benzene rings is 1. The van der Waals surface area contributed by atoms with Crippen LogP contribution >= 0.6 is 11.6 Å². The highest BCUT2D eigenvalue weighted by atomic mass is 35.5. The van der Waals surface area contributed by atoms with Crippen molar-refractivity contribution in [2.45, 2.75) is 32.6 Å². The average Bonchev–Trinajstić information content (AvgIpc) is 2.28. The van der Waals surface area contributed by atoms with Crippen LogP contribution in [0.1, 0.15) is 31.2 Å². The zero-order valence-electron chi connectivity index (χ0n) is 9.84. The molecule has 2 nitrogen and oxygen atoms in total. The van der Waals surface area contributed by atoms with Crippen LogP contribution in [-0.2, 0) is 0 Å². The van der Waals surface area contributed by atoms with Gasteiger partial charge in [-0.3, -0.25) is 0 Å². The minimum atomic E-state index is 0.726. The van der Waals surface area contributed by atoms with E-state index in [1.54, 1.807) is 0 Å². The topological polar surface area (TPSA) is 35.2 Å². The second-order valence-corrected chi connectivity index (χ2v) is 4.40. The van der Waals surface area contributed by atoms with Crippen molar-refractivity contribution < 1.29 is 4.74 Å². The molecule has 1 rings (SSSR count). The number of aryl methyl sites for hydroxylation is 1. The summed E-state index contributed by atoms with van der Waals surface area (Å²) in [5.74, 6) is 0.895. The number of unbranched alkanes of at least 4 members (excludes halogenated alkanes) is 3. The largest absolute Gasteiger partial charge is 0.493 e. The van der Waals surface area contributed by atoms with E-state index in [2.05, 4.69) is 0 Å². The molecule has 1 aromatic carbocycles. The first-order valence-corrected chi connectivity index (χ1v) is 6.21. The Balaban J connectivity index is 2.23. The SMILES string of the molecule is Cc1ccc(Cl)cc1OCCCCCCN. The minimum Gasteiger partial charge on any atom is -0.493 e. The lowest BCUT2D eigenvalue weighted by atomic mass is 10.2. The molecule has 0 aliphatic rings. The summed E-state index contributed by atoms with van der Waals surface area (Å²) < 4.78 is 5.68. The normalized spacial score (nSPS) is 10.4. The number of nitrogens with two attached hydrogens (primary N) is 1. The predicted octanol–water partition coefficient (Wildman–Crippen LogP) is 3.55. The molecule has 16 heavy (non-hydrogen) atoms. The molecule has 0 spiro atoms. The number of hydrogen-bond acceptors (Lipinski definition) is 2. The molecule has 0 aliphatic heterocycles. The van der Waals surface area contributed by atoms with Gasteiger partial charge in [-0.05, 0) is 44.0 Å². The van der Waals surface area contributed by atoms with Gasteiger partial charge in [0.1, 0.15) is 5.75 Å². The van der Waals surface area contributed by atoms with Gasteiger partial charge in [0.2, 0.25) is 0 Å². The summed E-state index contributed by atoms with van der Waals surface area (Å²) in [5, 5.41) is 0.726. The van der Waals surface area contributed by atoms with Gasteiger partial charge in [-0.15, -0.1) is 0 Å². The zero-order valence-corrected chi connectivity index (χ0v) is 10.6. The van der Waals surface area contributed by atoms with Gasteiger partial charge in [0.25, 0.3) is 0 Å². The molecule has 0 aromatic heterocycles. The van der Waals surface area contributed by atoms with Gasteiger partial charge in [-0.25, -0.2) is 0 Å². The Kier molecular flexibility index (Phi) is 6.27. The van der Waals surface area contributed by atoms with E-state index in [0.29, 0.717) is 0 Å². The van der Waals surface area contributed by atoms with Crippen molar-refractivity contribution in [1.29, 1.82) is 0 Å². The second-order valence-electron chi connectivity index (χ2n) is 3.96. The zero-order chi connectivity index (χ0) is 11.8. The summed E-state index contributed by atoms with van der Waals surface area (Å²) >= 11 is 5.90. The standard InChI is InChI=1S/C13H20ClNO/c1-11-6-7-12(14)10-13(11)16-9-5-3-2-4-8-15/h6-7,10H,2-5,8-9,15H2,1H3. The number of hydrogen-bond donors (Lipinski definition) is 1. The van der Waals surface area contributed by atoms with E-state index in [1.807, 2.05) is 25.1 Å². The smallest absolute Gasteiger partial charge is 0.123 e. The summed E-state index contributed by atoms with van der Waals surface area (Å²) in [7, 11) is 0. The lowest BCUT2D eigenvalue weighted by Crippen LogP contribution is -2.01. The maximum Gasteiger partial charge on any atom is 0.123 e. The molecule has 0 unspecified atom stereocenters. The average molecular weight is 242 g/mol. The monoisotopic (exact) mass is 241 g/mol. The molecule has 1 aromatic rings. The molecule has 0 fully saturated rings. The van der Waals surface area contributed by atoms with Crippen molar-refractivity contribution in [3.63, 3.8) is 0 Å². The lowest BCUT2D eigenvalue weighted by Gasteiger charge is -2.09. The Hall–Kier alpha value is -0.730. The molecule has 0 heterocycles. The molecule has 0 aliphatic carbocycles. The van der Waals surface area contributed by atoms with Crippen molar-refractivity contribution in [3.8, 4) is 5.75 Å². The van der Waals surface area contributed by atoms with Crippen molar-refractivity contribution in [2.75, 3.05) is 13.2 Å². The Morgan fingerprint density at radius 3 is 2.69 bits per heavy atom. The fraction of sp³-hybridized carbons (Fsp3) is 0.538. The van der Waals surface area contributed by atoms with E-state index in [1.165, 1.54) is 12.8 Å². The van der Waals surface area contributed by atoms with Crippen LogP contribution in [0.5, 0.6) is 5.75 Å². The Bertz CT molecular complexity index is 315. The van der Waals surface area contributed by atoms with Crippen LogP contribution in [0.4, 0.5) is 0 Å². The van der Waals surface area contributed by atoms with Gasteiger partial charge in [0, 0.05) is 5.02 Å². The maximum atomic E-state index is 5.90. The summed E-state index contributed by atoms with van der Waals surface area (Å²) in [6.45, 7) is 3.57. The molecule has 90 valence electrons. The second kappa shape index (κ2) is 7.53. The van der Waals surface area contributed by atoms with E-state index in [9.17, 15) is 0 Å². The van der Waals surface area contributed by atoms with Gasteiger partial charge in [0.05, 0.1) is 6.61 Å². The van der Waals surface area contributed by atoms with Gasteiger partial charge in [0.15, 0.2) is 0 Å².